The summed E-state index contributed by atoms with van der Waals surface area (Å²) in [6.45, 7) is 5.10. The van der Waals surface area contributed by atoms with Crippen LogP contribution in [-0.4, -0.2) is 52.8 Å². The Morgan fingerprint density at radius 2 is 2.04 bits per heavy atom. The lowest BCUT2D eigenvalue weighted by Crippen LogP contribution is -2.50. The molecule has 2 fully saturated rings. The van der Waals surface area contributed by atoms with Gasteiger partial charge in [-0.15, -0.1) is 0 Å². The van der Waals surface area contributed by atoms with Gasteiger partial charge in [-0.1, -0.05) is 12.1 Å². The van der Waals surface area contributed by atoms with E-state index in [2.05, 4.69) is 40.0 Å². The van der Waals surface area contributed by atoms with Gasteiger partial charge in [0, 0.05) is 25.7 Å². The van der Waals surface area contributed by atoms with Crippen molar-refractivity contribution in [2.24, 2.45) is 0 Å². The third kappa shape index (κ3) is 3.35. The lowest BCUT2D eigenvalue weighted by molar-refractivity contribution is 0.0696. The van der Waals surface area contributed by atoms with E-state index in [9.17, 15) is 4.79 Å². The lowest BCUT2D eigenvalue weighted by atomic mass is 10.0. The largest absolute Gasteiger partial charge is 0.379 e. The molecule has 1 N–H and O–H groups in total. The molecule has 4 rings (SSSR count). The van der Waals surface area contributed by atoms with Gasteiger partial charge in [0.1, 0.15) is 5.82 Å². The SMILES string of the molecule is Cc1nc2ccccc2n1C1CCN(C(=O)N[C@@H]2CCCOC2)CC1. The van der Waals surface area contributed by atoms with Crippen molar-refractivity contribution in [3.05, 3.63) is 30.1 Å². The summed E-state index contributed by atoms with van der Waals surface area (Å²) >= 11 is 0. The number of ether oxygens (including phenoxy) is 1. The van der Waals surface area contributed by atoms with Crippen molar-refractivity contribution in [1.82, 2.24) is 19.8 Å². The van der Waals surface area contributed by atoms with Crippen molar-refractivity contribution >= 4 is 17.1 Å². The summed E-state index contributed by atoms with van der Waals surface area (Å²) in [5.41, 5.74) is 2.25. The zero-order chi connectivity index (χ0) is 17.2. The molecule has 2 aliphatic rings. The highest BCUT2D eigenvalue weighted by Gasteiger charge is 2.27. The van der Waals surface area contributed by atoms with E-state index in [1.54, 1.807) is 0 Å². The van der Waals surface area contributed by atoms with E-state index in [0.29, 0.717) is 12.6 Å². The summed E-state index contributed by atoms with van der Waals surface area (Å²) in [6, 6.07) is 8.93. The van der Waals surface area contributed by atoms with E-state index in [1.165, 1.54) is 5.52 Å². The van der Waals surface area contributed by atoms with Gasteiger partial charge in [0.25, 0.3) is 0 Å². The van der Waals surface area contributed by atoms with E-state index < -0.39 is 0 Å². The highest BCUT2D eigenvalue weighted by atomic mass is 16.5. The first-order valence-corrected chi connectivity index (χ1v) is 9.29. The minimum atomic E-state index is 0.0566. The second kappa shape index (κ2) is 7.04. The maximum atomic E-state index is 12.5. The molecule has 1 aromatic carbocycles. The molecule has 2 aliphatic heterocycles. The molecule has 2 aromatic rings. The van der Waals surface area contributed by atoms with Crippen LogP contribution < -0.4 is 5.32 Å². The van der Waals surface area contributed by atoms with Crippen LogP contribution in [0.5, 0.6) is 0 Å². The van der Waals surface area contributed by atoms with Crippen molar-refractivity contribution in [2.45, 2.75) is 44.7 Å². The Balaban J connectivity index is 1.39. The van der Waals surface area contributed by atoms with Crippen LogP contribution in [0.1, 0.15) is 37.5 Å². The maximum absolute atomic E-state index is 12.5. The van der Waals surface area contributed by atoms with Crippen molar-refractivity contribution in [3.63, 3.8) is 0 Å². The Kier molecular flexibility index (Phi) is 4.61. The van der Waals surface area contributed by atoms with E-state index in [4.69, 9.17) is 4.74 Å². The van der Waals surface area contributed by atoms with Crippen LogP contribution in [0.2, 0.25) is 0 Å². The third-order valence-corrected chi connectivity index (χ3v) is 5.38. The number of rotatable bonds is 2. The molecule has 1 atom stereocenters. The minimum Gasteiger partial charge on any atom is -0.379 e. The molecule has 0 radical (unpaired) electrons. The zero-order valence-corrected chi connectivity index (χ0v) is 14.8. The average Bonchev–Trinajstić information content (AvgIpc) is 2.98. The van der Waals surface area contributed by atoms with Gasteiger partial charge in [-0.25, -0.2) is 9.78 Å². The Hall–Kier alpha value is -2.08. The number of nitrogens with zero attached hydrogens (tertiary/aromatic N) is 3. The number of hydrogen-bond acceptors (Lipinski definition) is 3. The number of likely N-dealkylation sites (tertiary alicyclic amines) is 1. The van der Waals surface area contributed by atoms with E-state index in [0.717, 1.165) is 56.7 Å². The number of nitrogens with one attached hydrogen (secondary N) is 1. The molecule has 0 aliphatic carbocycles. The number of carbonyl (C=O) groups is 1. The molecular formula is C19H26N4O2. The summed E-state index contributed by atoms with van der Waals surface area (Å²) in [5.74, 6) is 1.06. The van der Waals surface area contributed by atoms with E-state index >= 15 is 0 Å². The molecule has 0 unspecified atom stereocenters. The highest BCUT2D eigenvalue weighted by Crippen LogP contribution is 2.28. The van der Waals surface area contributed by atoms with E-state index in [1.807, 2.05) is 11.0 Å². The Labute approximate surface area is 148 Å². The first kappa shape index (κ1) is 16.4. The number of amides is 2. The second-order valence-electron chi connectivity index (χ2n) is 7.10. The fraction of sp³-hybridized carbons (Fsp3) is 0.579. The topological polar surface area (TPSA) is 59.4 Å². The predicted molar refractivity (Wildman–Crippen MR) is 96.7 cm³/mol. The van der Waals surface area contributed by atoms with Crippen LogP contribution in [0, 0.1) is 6.92 Å². The van der Waals surface area contributed by atoms with Crippen molar-refractivity contribution in [3.8, 4) is 0 Å². The number of carbonyl (C=O) groups excluding carboxylic acids is 1. The number of aryl methyl sites for hydroxylation is 1. The number of aromatic nitrogens is 2. The van der Waals surface area contributed by atoms with Crippen LogP contribution in [0.4, 0.5) is 4.79 Å². The van der Waals surface area contributed by atoms with Crippen LogP contribution in [0.15, 0.2) is 24.3 Å². The summed E-state index contributed by atoms with van der Waals surface area (Å²) in [6.07, 6.45) is 3.98. The van der Waals surface area contributed by atoms with Crippen LogP contribution >= 0.6 is 0 Å². The van der Waals surface area contributed by atoms with Gasteiger partial charge < -0.3 is 19.5 Å². The fourth-order valence-electron chi connectivity index (χ4n) is 4.07. The summed E-state index contributed by atoms with van der Waals surface area (Å²) in [7, 11) is 0. The van der Waals surface area contributed by atoms with Gasteiger partial charge in [0.2, 0.25) is 0 Å². The zero-order valence-electron chi connectivity index (χ0n) is 14.8. The lowest BCUT2D eigenvalue weighted by Gasteiger charge is -2.35. The predicted octanol–water partition coefficient (Wildman–Crippen LogP) is 2.87. The van der Waals surface area contributed by atoms with Crippen LogP contribution in [0.3, 0.4) is 0 Å². The first-order valence-electron chi connectivity index (χ1n) is 9.29. The van der Waals surface area contributed by atoms with Gasteiger partial charge in [-0.05, 0) is 44.7 Å². The van der Waals surface area contributed by atoms with Gasteiger partial charge in [-0.2, -0.15) is 0 Å². The molecule has 6 nitrogen and oxygen atoms in total. The fourth-order valence-corrected chi connectivity index (χ4v) is 4.07. The molecule has 3 heterocycles. The molecule has 0 saturated carbocycles. The maximum Gasteiger partial charge on any atom is 0.317 e. The standard InChI is InChI=1S/C19H26N4O2/c1-14-20-17-6-2-3-7-18(17)23(14)16-8-10-22(11-9-16)19(24)21-15-5-4-12-25-13-15/h2-3,6-7,15-16H,4-5,8-13H2,1H3,(H,21,24)/t15-/m1/s1. The molecule has 0 spiro atoms. The van der Waals surface area contributed by atoms with Gasteiger partial charge in [0.05, 0.1) is 23.7 Å². The molecule has 2 saturated heterocycles. The average molecular weight is 342 g/mol. The van der Waals surface area contributed by atoms with Crippen molar-refractivity contribution < 1.29 is 9.53 Å². The molecular weight excluding hydrogens is 316 g/mol. The van der Waals surface area contributed by atoms with Crippen molar-refractivity contribution in [1.29, 1.82) is 0 Å². The first-order chi connectivity index (χ1) is 12.2. The minimum absolute atomic E-state index is 0.0566. The summed E-state index contributed by atoms with van der Waals surface area (Å²) in [4.78, 5) is 19.1. The Bertz CT molecular complexity index is 743. The smallest absolute Gasteiger partial charge is 0.317 e. The number of imidazole rings is 1. The van der Waals surface area contributed by atoms with E-state index in [-0.39, 0.29) is 12.1 Å². The third-order valence-electron chi connectivity index (χ3n) is 5.38. The Morgan fingerprint density at radius 3 is 2.80 bits per heavy atom. The number of hydrogen-bond donors (Lipinski definition) is 1. The van der Waals surface area contributed by atoms with Gasteiger partial charge in [0.15, 0.2) is 0 Å². The normalized spacial score (nSPS) is 22.3. The molecule has 134 valence electrons. The monoisotopic (exact) mass is 342 g/mol. The molecule has 1 aromatic heterocycles. The molecule has 0 bridgehead atoms. The number of para-hydroxylation sites is 2. The highest BCUT2D eigenvalue weighted by molar-refractivity contribution is 5.76. The number of piperidine rings is 1. The molecule has 2 amide bonds. The number of urea groups is 1. The number of benzene rings is 1. The van der Waals surface area contributed by atoms with Crippen molar-refractivity contribution in [2.75, 3.05) is 26.3 Å². The second-order valence-corrected chi connectivity index (χ2v) is 7.10. The number of fused-ring (bicyclic) bond motifs is 1. The summed E-state index contributed by atoms with van der Waals surface area (Å²) in [5, 5.41) is 3.12. The quantitative estimate of drug-likeness (QED) is 0.913. The summed E-state index contributed by atoms with van der Waals surface area (Å²) < 4.78 is 7.79. The van der Waals surface area contributed by atoms with Crippen LogP contribution in [0.25, 0.3) is 11.0 Å². The van der Waals surface area contributed by atoms with Gasteiger partial charge >= 0.3 is 6.03 Å². The molecule has 25 heavy (non-hydrogen) atoms. The Morgan fingerprint density at radius 1 is 1.24 bits per heavy atom. The molecule has 6 heteroatoms. The van der Waals surface area contributed by atoms with Crippen LogP contribution in [-0.2, 0) is 4.74 Å². The van der Waals surface area contributed by atoms with Gasteiger partial charge in [-0.3, -0.25) is 0 Å².